The van der Waals surface area contributed by atoms with Crippen LogP contribution in [0, 0.1) is 34.0 Å². The predicted octanol–water partition coefficient (Wildman–Crippen LogP) is 2.42. The Morgan fingerprint density at radius 3 is 2.36 bits per heavy atom. The van der Waals surface area contributed by atoms with Crippen LogP contribution in [-0.4, -0.2) is 10.3 Å². The zero-order valence-corrected chi connectivity index (χ0v) is 12.4. The van der Waals surface area contributed by atoms with Gasteiger partial charge in [-0.25, -0.2) is 4.99 Å². The molecule has 0 amide bonds. The van der Waals surface area contributed by atoms with Crippen molar-refractivity contribution in [3.8, 4) is 18.2 Å². The van der Waals surface area contributed by atoms with Crippen LogP contribution in [0.5, 0.6) is 0 Å². The minimum Gasteiger partial charge on any atom is -0.324 e. The summed E-state index contributed by atoms with van der Waals surface area (Å²) < 4.78 is 0. The van der Waals surface area contributed by atoms with Crippen LogP contribution in [0.4, 0.5) is 0 Å². The van der Waals surface area contributed by atoms with E-state index in [9.17, 15) is 4.79 Å². The van der Waals surface area contributed by atoms with Crippen LogP contribution in [-0.2, 0) is 4.79 Å². The van der Waals surface area contributed by atoms with Crippen LogP contribution in [0.3, 0.4) is 0 Å². The van der Waals surface area contributed by atoms with Crippen LogP contribution in [0.1, 0.15) is 11.6 Å². The first-order valence-corrected chi connectivity index (χ1v) is 7.05. The van der Waals surface area contributed by atoms with Gasteiger partial charge in [0.25, 0.3) is 0 Å². The molecule has 0 saturated carbocycles. The summed E-state index contributed by atoms with van der Waals surface area (Å²) in [5.74, 6) is 0. The van der Waals surface area contributed by atoms with E-state index in [0.29, 0.717) is 10.6 Å². The largest absolute Gasteiger partial charge is 0.324 e. The summed E-state index contributed by atoms with van der Waals surface area (Å²) in [6, 6.07) is 10.9. The molecular weight excluding hydrogens is 322 g/mol. The minimum atomic E-state index is -0.711. The SMILES string of the molecule is N#CC(C#N)=C(C#N)NC1=NC(c2ccc(Cl)cc2)C(=O)S1. The molecule has 1 aromatic rings. The van der Waals surface area contributed by atoms with Crippen LogP contribution >= 0.6 is 23.4 Å². The minimum absolute atomic E-state index is 0.171. The van der Waals surface area contributed by atoms with Gasteiger partial charge in [0, 0.05) is 5.02 Å². The number of amidine groups is 1. The summed E-state index contributed by atoms with van der Waals surface area (Å²) in [5.41, 5.74) is 0.0657. The molecule has 1 atom stereocenters. The highest BCUT2D eigenvalue weighted by molar-refractivity contribution is 8.26. The molecule has 1 aliphatic heterocycles. The number of nitriles is 3. The van der Waals surface area contributed by atoms with Crippen molar-refractivity contribution in [1.29, 1.82) is 15.8 Å². The Morgan fingerprint density at radius 1 is 1.18 bits per heavy atom. The topological polar surface area (TPSA) is 113 Å². The lowest BCUT2D eigenvalue weighted by molar-refractivity contribution is -0.111. The molecule has 22 heavy (non-hydrogen) atoms. The smallest absolute Gasteiger partial charge is 0.225 e. The maximum atomic E-state index is 12.0. The van der Waals surface area contributed by atoms with E-state index in [1.807, 2.05) is 0 Å². The first kappa shape index (κ1) is 15.6. The van der Waals surface area contributed by atoms with E-state index in [1.54, 1.807) is 42.5 Å². The van der Waals surface area contributed by atoms with Gasteiger partial charge in [-0.05, 0) is 29.5 Å². The fourth-order valence-corrected chi connectivity index (χ4v) is 2.58. The van der Waals surface area contributed by atoms with E-state index in [0.717, 1.165) is 11.8 Å². The molecule has 1 heterocycles. The van der Waals surface area contributed by atoms with Crippen molar-refractivity contribution in [2.75, 3.05) is 0 Å². The van der Waals surface area contributed by atoms with E-state index < -0.39 is 6.04 Å². The molecule has 0 fully saturated rings. The number of rotatable bonds is 2. The summed E-state index contributed by atoms with van der Waals surface area (Å²) in [5, 5.41) is 29.5. The molecule has 1 aromatic carbocycles. The zero-order valence-electron chi connectivity index (χ0n) is 10.9. The Bertz CT molecular complexity index is 792. The summed E-state index contributed by atoms with van der Waals surface area (Å²) >= 11 is 6.61. The first-order chi connectivity index (χ1) is 10.6. The van der Waals surface area contributed by atoms with Gasteiger partial charge in [-0.15, -0.1) is 0 Å². The fraction of sp³-hybridized carbons (Fsp3) is 0.0714. The molecule has 106 valence electrons. The van der Waals surface area contributed by atoms with Gasteiger partial charge < -0.3 is 5.32 Å². The van der Waals surface area contributed by atoms with Crippen molar-refractivity contribution in [2.24, 2.45) is 4.99 Å². The number of carbonyl (C=O) groups is 1. The lowest BCUT2D eigenvalue weighted by atomic mass is 10.1. The van der Waals surface area contributed by atoms with Crippen molar-refractivity contribution >= 4 is 33.6 Å². The summed E-state index contributed by atoms with van der Waals surface area (Å²) in [6.07, 6.45) is 0. The highest BCUT2D eigenvalue weighted by Crippen LogP contribution is 2.32. The maximum Gasteiger partial charge on any atom is 0.225 e. The predicted molar refractivity (Wildman–Crippen MR) is 81.2 cm³/mol. The number of benzene rings is 1. The Morgan fingerprint density at radius 2 is 1.82 bits per heavy atom. The van der Waals surface area contributed by atoms with E-state index in [4.69, 9.17) is 27.4 Å². The second-order valence-electron chi connectivity index (χ2n) is 4.02. The monoisotopic (exact) mass is 327 g/mol. The molecule has 1 aliphatic rings. The summed E-state index contributed by atoms with van der Waals surface area (Å²) in [6.45, 7) is 0. The third-order valence-electron chi connectivity index (χ3n) is 2.67. The van der Waals surface area contributed by atoms with Crippen molar-refractivity contribution < 1.29 is 4.79 Å². The number of allylic oxidation sites excluding steroid dienone is 2. The van der Waals surface area contributed by atoms with Crippen LogP contribution in [0.15, 0.2) is 40.5 Å². The summed E-state index contributed by atoms with van der Waals surface area (Å²) in [4.78, 5) is 16.2. The Balaban J connectivity index is 2.27. The average molecular weight is 328 g/mol. The highest BCUT2D eigenvalue weighted by Gasteiger charge is 2.30. The van der Waals surface area contributed by atoms with Crippen molar-refractivity contribution in [1.82, 2.24) is 5.32 Å². The molecule has 0 aromatic heterocycles. The summed E-state index contributed by atoms with van der Waals surface area (Å²) in [7, 11) is 0. The Kier molecular flexibility index (Phi) is 4.80. The van der Waals surface area contributed by atoms with E-state index in [-0.39, 0.29) is 21.6 Å². The van der Waals surface area contributed by atoms with Crippen LogP contribution in [0.2, 0.25) is 5.02 Å². The third kappa shape index (κ3) is 3.27. The molecule has 1 unspecified atom stereocenters. The Hall–Kier alpha value is -2.79. The van der Waals surface area contributed by atoms with Gasteiger partial charge in [0.05, 0.1) is 0 Å². The number of hydrogen-bond acceptors (Lipinski definition) is 7. The standard InChI is InChI=1S/C14H6ClN5OS/c15-10-3-1-8(2-4-10)12-13(21)22-14(20-12)19-11(7-18)9(5-16)6-17/h1-4,12H,(H,19,20). The number of nitrogens with one attached hydrogen (secondary N) is 1. The van der Waals surface area contributed by atoms with Gasteiger partial charge in [-0.1, -0.05) is 23.7 Å². The van der Waals surface area contributed by atoms with Gasteiger partial charge in [-0.2, -0.15) is 15.8 Å². The number of halogens is 1. The maximum absolute atomic E-state index is 12.0. The normalized spacial score (nSPS) is 16.0. The molecule has 0 spiro atoms. The van der Waals surface area contributed by atoms with E-state index in [2.05, 4.69) is 10.3 Å². The molecule has 0 aliphatic carbocycles. The number of nitrogens with zero attached hydrogens (tertiary/aromatic N) is 4. The molecule has 8 heteroatoms. The van der Waals surface area contributed by atoms with Gasteiger partial charge in [0.15, 0.2) is 10.7 Å². The fourth-order valence-electron chi connectivity index (χ4n) is 1.65. The number of aliphatic imine (C=N–C) groups is 1. The second-order valence-corrected chi connectivity index (χ2v) is 5.45. The average Bonchev–Trinajstić information content (AvgIpc) is 2.88. The molecule has 0 radical (unpaired) electrons. The molecule has 2 rings (SSSR count). The first-order valence-electron chi connectivity index (χ1n) is 5.85. The molecule has 1 N–H and O–H groups in total. The van der Waals surface area contributed by atoms with Gasteiger partial charge >= 0.3 is 0 Å². The van der Waals surface area contributed by atoms with Gasteiger partial charge in [0.1, 0.15) is 29.9 Å². The second kappa shape index (κ2) is 6.78. The van der Waals surface area contributed by atoms with Crippen LogP contribution in [0.25, 0.3) is 0 Å². The highest BCUT2D eigenvalue weighted by atomic mass is 35.5. The molecule has 0 bridgehead atoms. The third-order valence-corrected chi connectivity index (χ3v) is 3.75. The number of thioether (sulfide) groups is 1. The number of hydrogen-bond donors (Lipinski definition) is 1. The van der Waals surface area contributed by atoms with Gasteiger partial charge in [-0.3, -0.25) is 4.79 Å². The number of carbonyl (C=O) groups excluding carboxylic acids is 1. The van der Waals surface area contributed by atoms with Crippen molar-refractivity contribution in [2.45, 2.75) is 6.04 Å². The molecule has 0 saturated heterocycles. The lowest BCUT2D eigenvalue weighted by Gasteiger charge is -2.04. The van der Waals surface area contributed by atoms with Crippen LogP contribution < -0.4 is 5.32 Å². The quantitative estimate of drug-likeness (QED) is 0.834. The molecule has 6 nitrogen and oxygen atoms in total. The van der Waals surface area contributed by atoms with Crippen molar-refractivity contribution in [3.63, 3.8) is 0 Å². The van der Waals surface area contributed by atoms with Crippen molar-refractivity contribution in [3.05, 3.63) is 46.1 Å². The lowest BCUT2D eigenvalue weighted by Crippen LogP contribution is -2.19. The molecular formula is C14H6ClN5OS. The zero-order chi connectivity index (χ0) is 16.1. The van der Waals surface area contributed by atoms with E-state index >= 15 is 0 Å². The van der Waals surface area contributed by atoms with E-state index in [1.165, 1.54) is 0 Å². The Labute approximate surface area is 135 Å². The van der Waals surface area contributed by atoms with Gasteiger partial charge in [0.2, 0.25) is 5.12 Å².